The van der Waals surface area contributed by atoms with Gasteiger partial charge in [-0.1, -0.05) is 66.7 Å². The van der Waals surface area contributed by atoms with Crippen LogP contribution in [0, 0.1) is 0 Å². The molecule has 0 bridgehead atoms. The van der Waals surface area contributed by atoms with Crippen LogP contribution in [0.4, 0.5) is 0 Å². The first-order valence-corrected chi connectivity index (χ1v) is 11.6. The number of carbonyl (C=O) groups is 1. The van der Waals surface area contributed by atoms with Gasteiger partial charge in [-0.2, -0.15) is 0 Å². The van der Waals surface area contributed by atoms with Crippen LogP contribution in [0.5, 0.6) is 11.5 Å². The molecule has 0 heterocycles. The summed E-state index contributed by atoms with van der Waals surface area (Å²) >= 11 is -2.43. The van der Waals surface area contributed by atoms with E-state index >= 15 is 0 Å². The molecule has 0 spiro atoms. The summed E-state index contributed by atoms with van der Waals surface area (Å²) in [6, 6.07) is 31.2. The highest BCUT2D eigenvalue weighted by molar-refractivity contribution is 7.76. The van der Waals surface area contributed by atoms with Gasteiger partial charge in [0, 0.05) is 24.4 Å². The summed E-state index contributed by atoms with van der Waals surface area (Å²) < 4.78 is 30.6. The number of hydrogen-bond donors (Lipinski definition) is 1. The Hall–Kier alpha value is -3.78. The maximum absolute atomic E-state index is 11.8. The molecule has 0 aromatic heterocycles. The van der Waals surface area contributed by atoms with Crippen molar-refractivity contribution in [1.82, 2.24) is 4.31 Å². The van der Waals surface area contributed by atoms with E-state index in [0.29, 0.717) is 5.56 Å². The van der Waals surface area contributed by atoms with Crippen molar-refractivity contribution in [1.29, 1.82) is 0 Å². The van der Waals surface area contributed by atoms with Gasteiger partial charge in [-0.3, -0.25) is 4.21 Å². The smallest absolute Gasteiger partial charge is 0.335 e. The molecule has 0 saturated carbocycles. The molecule has 6 nitrogen and oxygen atoms in total. The summed E-state index contributed by atoms with van der Waals surface area (Å²) in [5, 5.41) is 9.00. The van der Waals surface area contributed by atoms with E-state index in [9.17, 15) is 13.6 Å². The molecular formula is C27H22NO5S-. The van der Waals surface area contributed by atoms with Crippen molar-refractivity contribution < 1.29 is 23.4 Å². The number of benzene rings is 4. The summed E-state index contributed by atoms with van der Waals surface area (Å²) in [5.74, 6) is 0.503. The molecule has 4 aromatic carbocycles. The third-order valence-electron chi connectivity index (χ3n) is 5.25. The zero-order chi connectivity index (χ0) is 23.9. The van der Waals surface area contributed by atoms with Crippen molar-refractivity contribution in [3.63, 3.8) is 0 Å². The minimum atomic E-state index is -2.43. The molecule has 7 heteroatoms. The van der Waals surface area contributed by atoms with Crippen LogP contribution < -0.4 is 4.74 Å². The van der Waals surface area contributed by atoms with E-state index in [0.717, 1.165) is 28.2 Å². The molecule has 1 atom stereocenters. The highest BCUT2D eigenvalue weighted by Gasteiger charge is 2.10. The summed E-state index contributed by atoms with van der Waals surface area (Å²) in [7, 11) is 0. The summed E-state index contributed by atoms with van der Waals surface area (Å²) in [4.78, 5) is 11.0. The zero-order valence-corrected chi connectivity index (χ0v) is 19.0. The van der Waals surface area contributed by atoms with Gasteiger partial charge in [0.15, 0.2) is 0 Å². The summed E-state index contributed by atoms with van der Waals surface area (Å²) in [6.45, 7) is 0.363. The predicted octanol–water partition coefficient (Wildman–Crippen LogP) is 5.64. The van der Waals surface area contributed by atoms with Gasteiger partial charge < -0.3 is 14.4 Å². The number of para-hydroxylation sites is 1. The fourth-order valence-corrected chi connectivity index (χ4v) is 3.97. The Morgan fingerprint density at radius 3 is 1.71 bits per heavy atom. The minimum absolute atomic E-state index is 0.153. The highest BCUT2D eigenvalue weighted by atomic mass is 32.2. The predicted molar refractivity (Wildman–Crippen MR) is 130 cm³/mol. The first kappa shape index (κ1) is 23.4. The van der Waals surface area contributed by atoms with Crippen LogP contribution in [0.15, 0.2) is 103 Å². The van der Waals surface area contributed by atoms with Crippen molar-refractivity contribution >= 4 is 17.2 Å². The zero-order valence-electron chi connectivity index (χ0n) is 18.2. The third kappa shape index (κ3) is 6.17. The van der Waals surface area contributed by atoms with E-state index in [-0.39, 0.29) is 18.7 Å². The molecule has 1 N–H and O–H groups in total. The molecule has 0 amide bonds. The first-order valence-electron chi connectivity index (χ1n) is 10.6. The maximum Gasteiger partial charge on any atom is 0.335 e. The lowest BCUT2D eigenvalue weighted by Crippen LogP contribution is -2.24. The Bertz CT molecular complexity index is 1260. The molecule has 0 aliphatic rings. The standard InChI is InChI=1S/C27H23NO5S/c29-27(30)24-12-8-21(9-13-24)19-28(34(31)32)18-20-6-10-22(11-7-20)23-14-16-26(17-15-23)33-25-4-2-1-3-5-25/h1-17H,18-19H2,(H,29,30)(H,31,32)/p-1. The second kappa shape index (κ2) is 10.9. The first-order chi connectivity index (χ1) is 16.5. The van der Waals surface area contributed by atoms with Crippen LogP contribution in [0.2, 0.25) is 0 Å². The molecule has 0 aliphatic heterocycles. The molecule has 0 radical (unpaired) electrons. The van der Waals surface area contributed by atoms with Crippen LogP contribution in [0.1, 0.15) is 21.5 Å². The Morgan fingerprint density at radius 2 is 1.21 bits per heavy atom. The largest absolute Gasteiger partial charge is 0.760 e. The van der Waals surface area contributed by atoms with E-state index in [1.54, 1.807) is 12.1 Å². The lowest BCUT2D eigenvalue weighted by Gasteiger charge is -2.24. The SMILES string of the molecule is O=C(O)c1ccc(CN(Cc2ccc(-c3ccc(Oc4ccccc4)cc3)cc2)S(=O)[O-])cc1. The van der Waals surface area contributed by atoms with E-state index in [2.05, 4.69) is 0 Å². The average molecular weight is 473 g/mol. The minimum Gasteiger partial charge on any atom is -0.760 e. The third-order valence-corrected chi connectivity index (χ3v) is 5.93. The molecule has 4 rings (SSSR count). The van der Waals surface area contributed by atoms with Crippen molar-refractivity contribution in [3.05, 3.63) is 120 Å². The van der Waals surface area contributed by atoms with Gasteiger partial charge in [0.25, 0.3) is 0 Å². The lowest BCUT2D eigenvalue weighted by atomic mass is 10.0. The molecule has 34 heavy (non-hydrogen) atoms. The Morgan fingerprint density at radius 1 is 0.735 bits per heavy atom. The number of carboxylic acid groups (broad SMARTS) is 1. The highest BCUT2D eigenvalue weighted by Crippen LogP contribution is 2.26. The number of ether oxygens (including phenoxy) is 1. The normalized spacial score (nSPS) is 11.8. The fourth-order valence-electron chi connectivity index (χ4n) is 3.46. The number of nitrogens with zero attached hydrogens (tertiary/aromatic N) is 1. The summed E-state index contributed by atoms with van der Waals surface area (Å²) in [6.07, 6.45) is 0. The molecule has 0 aliphatic carbocycles. The van der Waals surface area contributed by atoms with Gasteiger partial charge >= 0.3 is 5.97 Å². The topological polar surface area (TPSA) is 89.9 Å². The van der Waals surface area contributed by atoms with E-state index in [1.807, 2.05) is 78.9 Å². The Labute approximate surface area is 200 Å². The van der Waals surface area contributed by atoms with E-state index < -0.39 is 17.2 Å². The summed E-state index contributed by atoms with van der Waals surface area (Å²) in [5.41, 5.74) is 3.75. The van der Waals surface area contributed by atoms with Gasteiger partial charge in [-0.25, -0.2) is 9.10 Å². The molecular weight excluding hydrogens is 450 g/mol. The molecule has 4 aromatic rings. The van der Waals surface area contributed by atoms with Crippen LogP contribution in [0.3, 0.4) is 0 Å². The van der Waals surface area contributed by atoms with Crippen LogP contribution in [0.25, 0.3) is 11.1 Å². The number of rotatable bonds is 9. The quantitative estimate of drug-likeness (QED) is 0.318. The number of aromatic carboxylic acids is 1. The Balaban J connectivity index is 1.40. The second-order valence-electron chi connectivity index (χ2n) is 7.65. The van der Waals surface area contributed by atoms with Gasteiger partial charge in [-0.15, -0.1) is 0 Å². The van der Waals surface area contributed by atoms with Crippen molar-refractivity contribution in [2.45, 2.75) is 13.1 Å². The number of hydrogen-bond acceptors (Lipinski definition) is 4. The van der Waals surface area contributed by atoms with Crippen LogP contribution in [-0.2, 0) is 24.4 Å². The van der Waals surface area contributed by atoms with E-state index in [1.165, 1.54) is 16.4 Å². The molecule has 0 saturated heterocycles. The van der Waals surface area contributed by atoms with Crippen molar-refractivity contribution in [2.24, 2.45) is 0 Å². The van der Waals surface area contributed by atoms with Gasteiger partial charge in [0.05, 0.1) is 5.56 Å². The van der Waals surface area contributed by atoms with E-state index in [4.69, 9.17) is 9.84 Å². The molecule has 172 valence electrons. The fraction of sp³-hybridized carbons (Fsp3) is 0.0741. The van der Waals surface area contributed by atoms with Gasteiger partial charge in [0.2, 0.25) is 0 Å². The second-order valence-corrected chi connectivity index (χ2v) is 8.60. The molecule has 1 unspecified atom stereocenters. The van der Waals surface area contributed by atoms with Crippen LogP contribution in [-0.4, -0.2) is 24.1 Å². The van der Waals surface area contributed by atoms with Crippen molar-refractivity contribution in [3.8, 4) is 22.6 Å². The average Bonchev–Trinajstić information content (AvgIpc) is 2.85. The maximum atomic E-state index is 11.8. The number of carboxylic acids is 1. The van der Waals surface area contributed by atoms with Gasteiger partial charge in [-0.05, 0) is 58.7 Å². The molecule has 0 fully saturated rings. The van der Waals surface area contributed by atoms with Gasteiger partial charge in [0.1, 0.15) is 11.5 Å². The Kier molecular flexibility index (Phi) is 7.49. The van der Waals surface area contributed by atoms with Crippen molar-refractivity contribution in [2.75, 3.05) is 0 Å². The monoisotopic (exact) mass is 472 g/mol. The van der Waals surface area contributed by atoms with Crippen LogP contribution >= 0.6 is 0 Å². The lowest BCUT2D eigenvalue weighted by molar-refractivity contribution is 0.0697.